The highest BCUT2D eigenvalue weighted by Crippen LogP contribution is 2.41. The van der Waals surface area contributed by atoms with Gasteiger partial charge in [-0.3, -0.25) is 14.2 Å². The summed E-state index contributed by atoms with van der Waals surface area (Å²) >= 11 is 4.72. The molecule has 0 spiro atoms. The maximum atomic E-state index is 12.8. The van der Waals surface area contributed by atoms with Gasteiger partial charge in [0.2, 0.25) is 5.91 Å². The van der Waals surface area contributed by atoms with E-state index in [-0.39, 0.29) is 23.3 Å². The van der Waals surface area contributed by atoms with Gasteiger partial charge in [-0.25, -0.2) is 4.98 Å². The van der Waals surface area contributed by atoms with Gasteiger partial charge in [0.05, 0.1) is 22.7 Å². The Morgan fingerprint density at radius 3 is 2.72 bits per heavy atom. The van der Waals surface area contributed by atoms with Crippen LogP contribution in [0.3, 0.4) is 0 Å². The van der Waals surface area contributed by atoms with E-state index < -0.39 is 0 Å². The Morgan fingerprint density at radius 1 is 1.28 bits per heavy atom. The fourth-order valence-corrected chi connectivity index (χ4v) is 4.71. The Bertz CT molecular complexity index is 1100. The molecule has 0 aliphatic heterocycles. The van der Waals surface area contributed by atoms with E-state index in [1.807, 2.05) is 37.3 Å². The van der Waals surface area contributed by atoms with Crippen molar-refractivity contribution in [3.8, 4) is 0 Å². The molecule has 1 aliphatic carbocycles. The van der Waals surface area contributed by atoms with Crippen molar-refractivity contribution in [2.24, 2.45) is 5.92 Å². The van der Waals surface area contributed by atoms with Gasteiger partial charge in [-0.15, -0.1) is 0 Å². The summed E-state index contributed by atoms with van der Waals surface area (Å²) in [6.07, 6.45) is 2.29. The van der Waals surface area contributed by atoms with Gasteiger partial charge in [0.1, 0.15) is 0 Å². The van der Waals surface area contributed by atoms with Gasteiger partial charge in [0, 0.05) is 11.0 Å². The third kappa shape index (κ3) is 4.56. The van der Waals surface area contributed by atoms with E-state index in [9.17, 15) is 9.59 Å². The van der Waals surface area contributed by atoms with Gasteiger partial charge in [-0.1, -0.05) is 58.0 Å². The summed E-state index contributed by atoms with van der Waals surface area (Å²) in [4.78, 5) is 30.1. The zero-order valence-electron chi connectivity index (χ0n) is 16.1. The Kier molecular flexibility index (Phi) is 6.06. The SMILES string of the molecule is CCn1c(SCC(=O)NC(c2ccccc2)C2CC2)nc2ccc(Br)cc2c1=O. The van der Waals surface area contributed by atoms with E-state index in [4.69, 9.17) is 0 Å². The minimum Gasteiger partial charge on any atom is -0.348 e. The third-order valence-electron chi connectivity index (χ3n) is 5.10. The second-order valence-electron chi connectivity index (χ2n) is 7.19. The molecule has 1 amide bonds. The van der Waals surface area contributed by atoms with Crippen molar-refractivity contribution < 1.29 is 4.79 Å². The van der Waals surface area contributed by atoms with Gasteiger partial charge in [-0.2, -0.15) is 0 Å². The molecule has 0 radical (unpaired) electrons. The van der Waals surface area contributed by atoms with Gasteiger partial charge >= 0.3 is 0 Å². The number of hydrogen-bond acceptors (Lipinski definition) is 4. The molecule has 1 N–H and O–H groups in total. The van der Waals surface area contributed by atoms with Crippen LogP contribution in [-0.2, 0) is 11.3 Å². The predicted molar refractivity (Wildman–Crippen MR) is 120 cm³/mol. The fourth-order valence-electron chi connectivity index (χ4n) is 3.47. The molecule has 1 heterocycles. The molecular formula is C22H22BrN3O2S. The quantitative estimate of drug-likeness (QED) is 0.405. The standard InChI is InChI=1S/C22H22BrN3O2S/c1-2-26-21(28)17-12-16(23)10-11-18(17)24-22(26)29-13-19(27)25-20(15-8-9-15)14-6-4-3-5-7-14/h3-7,10-12,15,20H,2,8-9,13H2,1H3,(H,25,27). The average molecular weight is 472 g/mol. The molecular weight excluding hydrogens is 450 g/mol. The number of amides is 1. The number of fused-ring (bicyclic) bond motifs is 1. The first-order chi connectivity index (χ1) is 14.1. The van der Waals surface area contributed by atoms with Crippen LogP contribution in [-0.4, -0.2) is 21.2 Å². The van der Waals surface area contributed by atoms with Crippen LogP contribution in [0.15, 0.2) is 63.0 Å². The highest BCUT2D eigenvalue weighted by molar-refractivity contribution is 9.10. The number of benzene rings is 2. The monoisotopic (exact) mass is 471 g/mol. The van der Waals surface area contributed by atoms with Crippen molar-refractivity contribution >= 4 is 44.5 Å². The maximum Gasteiger partial charge on any atom is 0.262 e. The zero-order chi connectivity index (χ0) is 20.4. The van der Waals surface area contributed by atoms with E-state index in [2.05, 4.69) is 38.4 Å². The molecule has 1 fully saturated rings. The first-order valence-electron chi connectivity index (χ1n) is 9.74. The number of nitrogens with one attached hydrogen (secondary N) is 1. The molecule has 1 atom stereocenters. The Morgan fingerprint density at radius 2 is 2.03 bits per heavy atom. The van der Waals surface area contributed by atoms with Crippen molar-refractivity contribution in [3.05, 3.63) is 68.9 Å². The number of halogens is 1. The van der Waals surface area contributed by atoms with E-state index in [1.165, 1.54) is 11.8 Å². The number of thioether (sulfide) groups is 1. The van der Waals surface area contributed by atoms with Gasteiger partial charge < -0.3 is 5.32 Å². The molecule has 1 aromatic heterocycles. The fraction of sp³-hybridized carbons (Fsp3) is 0.318. The number of carbonyl (C=O) groups is 1. The molecule has 3 aromatic rings. The van der Waals surface area contributed by atoms with E-state index >= 15 is 0 Å². The van der Waals surface area contributed by atoms with Crippen molar-refractivity contribution in [1.82, 2.24) is 14.9 Å². The van der Waals surface area contributed by atoms with E-state index in [1.54, 1.807) is 10.6 Å². The highest BCUT2D eigenvalue weighted by atomic mass is 79.9. The summed E-state index contributed by atoms with van der Waals surface area (Å²) in [6.45, 7) is 2.42. The summed E-state index contributed by atoms with van der Waals surface area (Å²) < 4.78 is 2.47. The number of nitrogens with zero attached hydrogens (tertiary/aromatic N) is 2. The van der Waals surface area contributed by atoms with Gasteiger partial charge in [0.15, 0.2) is 5.16 Å². The lowest BCUT2D eigenvalue weighted by Gasteiger charge is -2.19. The summed E-state index contributed by atoms with van der Waals surface area (Å²) in [5.41, 5.74) is 1.71. The van der Waals surface area contributed by atoms with E-state index in [0.717, 1.165) is 22.9 Å². The number of aromatic nitrogens is 2. The molecule has 4 rings (SSSR count). The van der Waals surface area contributed by atoms with Crippen LogP contribution < -0.4 is 10.9 Å². The molecule has 29 heavy (non-hydrogen) atoms. The predicted octanol–water partition coefficient (Wildman–Crippen LogP) is 4.54. The molecule has 0 saturated heterocycles. The minimum atomic E-state index is -0.0816. The largest absolute Gasteiger partial charge is 0.348 e. The molecule has 7 heteroatoms. The number of rotatable bonds is 7. The lowest BCUT2D eigenvalue weighted by molar-refractivity contribution is -0.119. The van der Waals surface area contributed by atoms with Crippen molar-refractivity contribution in [2.75, 3.05) is 5.75 Å². The maximum absolute atomic E-state index is 12.8. The molecule has 1 aliphatic rings. The highest BCUT2D eigenvalue weighted by Gasteiger charge is 2.33. The lowest BCUT2D eigenvalue weighted by atomic mass is 10.0. The van der Waals surface area contributed by atoms with Crippen molar-refractivity contribution in [1.29, 1.82) is 0 Å². The summed E-state index contributed by atoms with van der Waals surface area (Å²) in [6, 6.07) is 15.7. The van der Waals surface area contributed by atoms with Crippen molar-refractivity contribution in [2.45, 2.75) is 37.5 Å². The Balaban J connectivity index is 1.51. The summed E-state index contributed by atoms with van der Waals surface area (Å²) in [5.74, 6) is 0.700. The Hall–Kier alpha value is -2.12. The summed E-state index contributed by atoms with van der Waals surface area (Å²) in [7, 11) is 0. The second kappa shape index (κ2) is 8.71. The van der Waals surface area contributed by atoms with Crippen LogP contribution in [0.25, 0.3) is 10.9 Å². The van der Waals surface area contributed by atoms with Crippen LogP contribution in [0.5, 0.6) is 0 Å². The second-order valence-corrected chi connectivity index (χ2v) is 9.05. The van der Waals surface area contributed by atoms with Gasteiger partial charge in [0.25, 0.3) is 5.56 Å². The smallest absolute Gasteiger partial charge is 0.262 e. The Labute approximate surface area is 182 Å². The van der Waals surface area contributed by atoms with Crippen LogP contribution in [0.4, 0.5) is 0 Å². The summed E-state index contributed by atoms with van der Waals surface area (Å²) in [5, 5.41) is 4.33. The molecule has 1 unspecified atom stereocenters. The van der Waals surface area contributed by atoms with Crippen LogP contribution in [0, 0.1) is 5.92 Å². The number of carbonyl (C=O) groups excluding carboxylic acids is 1. The molecule has 0 bridgehead atoms. The zero-order valence-corrected chi connectivity index (χ0v) is 18.5. The lowest BCUT2D eigenvalue weighted by Crippen LogP contribution is -2.31. The number of hydrogen-bond donors (Lipinski definition) is 1. The minimum absolute atomic E-state index is 0.0384. The van der Waals surface area contributed by atoms with E-state index in [0.29, 0.717) is 28.5 Å². The van der Waals surface area contributed by atoms with Crippen LogP contribution >= 0.6 is 27.7 Å². The topological polar surface area (TPSA) is 64.0 Å². The van der Waals surface area contributed by atoms with Gasteiger partial charge in [-0.05, 0) is 49.4 Å². The van der Waals surface area contributed by atoms with Crippen molar-refractivity contribution in [3.63, 3.8) is 0 Å². The van der Waals surface area contributed by atoms with Crippen LogP contribution in [0.1, 0.15) is 31.4 Å². The third-order valence-corrected chi connectivity index (χ3v) is 6.57. The first kappa shape index (κ1) is 20.2. The molecule has 5 nitrogen and oxygen atoms in total. The first-order valence-corrected chi connectivity index (χ1v) is 11.5. The molecule has 2 aromatic carbocycles. The average Bonchev–Trinajstić information content (AvgIpc) is 3.57. The molecule has 1 saturated carbocycles. The molecule has 150 valence electrons. The normalized spacial score (nSPS) is 14.7. The van der Waals surface area contributed by atoms with Crippen LogP contribution in [0.2, 0.25) is 0 Å².